The Hall–Kier alpha value is -4.41. The van der Waals surface area contributed by atoms with Crippen LogP contribution in [0, 0.1) is 16.7 Å². The van der Waals surface area contributed by atoms with Gasteiger partial charge in [0.25, 0.3) is 5.91 Å². The minimum atomic E-state index is -0.0303. The van der Waals surface area contributed by atoms with E-state index in [2.05, 4.69) is 28.0 Å². The number of nitrogens with zero attached hydrogens (tertiary/aromatic N) is 4. The highest BCUT2D eigenvalue weighted by Gasteiger charge is 2.35. The quantitative estimate of drug-likeness (QED) is 0.554. The molecular formula is C29H28N6O. The van der Waals surface area contributed by atoms with Crippen molar-refractivity contribution in [3.8, 4) is 6.07 Å². The minimum Gasteiger partial charge on any atom is -0.398 e. The van der Waals surface area contributed by atoms with Crippen molar-refractivity contribution in [1.82, 2.24) is 4.90 Å². The number of hydrogen-bond acceptors (Lipinski definition) is 6. The Morgan fingerprint density at radius 3 is 2.42 bits per heavy atom. The number of hydrogen-bond donors (Lipinski definition) is 2. The van der Waals surface area contributed by atoms with Crippen LogP contribution in [0.25, 0.3) is 5.70 Å². The molecule has 1 saturated heterocycles. The summed E-state index contributed by atoms with van der Waals surface area (Å²) in [7, 11) is 1.84. The zero-order valence-corrected chi connectivity index (χ0v) is 20.2. The molecule has 3 aromatic rings. The molecule has 0 aromatic heterocycles. The fourth-order valence-corrected chi connectivity index (χ4v) is 5.29. The Kier molecular flexibility index (Phi) is 6.28. The number of anilines is 2. The number of allylic oxidation sites excluding steroid dienone is 1. The lowest BCUT2D eigenvalue weighted by atomic mass is 9.93. The normalized spacial score (nSPS) is 18.2. The van der Waals surface area contributed by atoms with Crippen molar-refractivity contribution in [3.63, 3.8) is 0 Å². The minimum absolute atomic E-state index is 0.00859. The van der Waals surface area contributed by atoms with Gasteiger partial charge in [0.1, 0.15) is 6.07 Å². The lowest BCUT2D eigenvalue weighted by Crippen LogP contribution is -2.48. The van der Waals surface area contributed by atoms with Crippen LogP contribution in [0.4, 0.5) is 11.4 Å². The number of piperazine rings is 1. The third-order valence-electron chi connectivity index (χ3n) is 7.12. The van der Waals surface area contributed by atoms with Gasteiger partial charge in [0.2, 0.25) is 0 Å². The molecule has 3 aromatic carbocycles. The lowest BCUT2D eigenvalue weighted by Gasteiger charge is -2.41. The number of rotatable bonds is 4. The zero-order chi connectivity index (χ0) is 25.2. The van der Waals surface area contributed by atoms with E-state index in [9.17, 15) is 10.1 Å². The van der Waals surface area contributed by atoms with E-state index in [-0.39, 0.29) is 11.9 Å². The maximum atomic E-state index is 13.3. The molecule has 0 saturated carbocycles. The second-order valence-electron chi connectivity index (χ2n) is 9.07. The predicted molar refractivity (Wildman–Crippen MR) is 143 cm³/mol. The second-order valence-corrected chi connectivity index (χ2v) is 9.07. The van der Waals surface area contributed by atoms with Crippen LogP contribution >= 0.6 is 0 Å². The third kappa shape index (κ3) is 4.02. The van der Waals surface area contributed by atoms with Crippen LogP contribution in [0.5, 0.6) is 0 Å². The largest absolute Gasteiger partial charge is 0.398 e. The number of fused-ring (bicyclic) bond motifs is 2. The van der Waals surface area contributed by atoms with Crippen molar-refractivity contribution in [2.45, 2.75) is 6.04 Å². The lowest BCUT2D eigenvalue weighted by molar-refractivity contribution is 0.0992. The van der Waals surface area contributed by atoms with Crippen LogP contribution in [-0.4, -0.2) is 50.2 Å². The van der Waals surface area contributed by atoms with Crippen molar-refractivity contribution in [2.24, 2.45) is 5.73 Å². The fraction of sp³-hybridized carbons (Fsp3) is 0.207. The fourth-order valence-electron chi connectivity index (χ4n) is 5.29. The molecule has 0 spiro atoms. The molecule has 1 atom stereocenters. The Balaban J connectivity index is 1.45. The Labute approximate surface area is 211 Å². The first kappa shape index (κ1) is 23.3. The summed E-state index contributed by atoms with van der Waals surface area (Å²) >= 11 is 0. The van der Waals surface area contributed by atoms with Gasteiger partial charge in [-0.3, -0.25) is 9.69 Å². The van der Waals surface area contributed by atoms with Gasteiger partial charge in [-0.15, -0.1) is 0 Å². The van der Waals surface area contributed by atoms with E-state index in [0.717, 1.165) is 66.0 Å². The number of nitrogens with two attached hydrogens (primary N) is 1. The summed E-state index contributed by atoms with van der Waals surface area (Å²) in [5.41, 5.74) is 12.5. The molecule has 180 valence electrons. The predicted octanol–water partition coefficient (Wildman–Crippen LogP) is 4.01. The Bertz CT molecular complexity index is 1400. The van der Waals surface area contributed by atoms with Crippen molar-refractivity contribution >= 4 is 29.2 Å². The highest BCUT2D eigenvalue weighted by atomic mass is 16.2. The zero-order valence-electron chi connectivity index (χ0n) is 20.2. The number of carbonyl (C=O) groups is 1. The maximum absolute atomic E-state index is 13.3. The van der Waals surface area contributed by atoms with Crippen molar-refractivity contribution in [2.75, 3.05) is 43.0 Å². The number of benzene rings is 3. The number of amides is 1. The van der Waals surface area contributed by atoms with E-state index < -0.39 is 0 Å². The second kappa shape index (κ2) is 9.68. The van der Waals surface area contributed by atoms with Crippen molar-refractivity contribution < 1.29 is 4.79 Å². The van der Waals surface area contributed by atoms with Gasteiger partial charge in [-0.05, 0) is 47.0 Å². The Morgan fingerprint density at radius 1 is 1.00 bits per heavy atom. The SMILES string of the molecule is CN1C(=O)c2ccccc2C(N2CCN(c3ccc(/C(N)=C/C=N)cc3C#N)CC2)c2ccccc21. The molecule has 0 radical (unpaired) electrons. The van der Waals surface area contributed by atoms with Crippen LogP contribution in [0.15, 0.2) is 72.8 Å². The molecule has 2 aliphatic heterocycles. The van der Waals surface area contributed by atoms with E-state index in [1.807, 2.05) is 55.6 Å². The summed E-state index contributed by atoms with van der Waals surface area (Å²) in [6.07, 6.45) is 2.66. The molecule has 7 heteroatoms. The van der Waals surface area contributed by atoms with Crippen LogP contribution in [0.1, 0.15) is 38.7 Å². The van der Waals surface area contributed by atoms with E-state index >= 15 is 0 Å². The number of nitrogens with one attached hydrogen (secondary N) is 1. The molecule has 0 aliphatic carbocycles. The summed E-state index contributed by atoms with van der Waals surface area (Å²) < 4.78 is 0. The summed E-state index contributed by atoms with van der Waals surface area (Å²) in [6.45, 7) is 3.08. The first-order chi connectivity index (χ1) is 17.5. The molecule has 1 unspecified atom stereocenters. The van der Waals surface area contributed by atoms with E-state index in [4.69, 9.17) is 11.1 Å². The van der Waals surface area contributed by atoms with Gasteiger partial charge in [0, 0.05) is 56.4 Å². The maximum Gasteiger partial charge on any atom is 0.258 e. The smallest absolute Gasteiger partial charge is 0.258 e. The van der Waals surface area contributed by atoms with Crippen molar-refractivity contribution in [1.29, 1.82) is 10.7 Å². The van der Waals surface area contributed by atoms with Gasteiger partial charge in [0.05, 0.1) is 17.3 Å². The first-order valence-electron chi connectivity index (χ1n) is 12.0. The molecule has 2 aliphatic rings. The number of carbonyl (C=O) groups excluding carboxylic acids is 1. The van der Waals surface area contributed by atoms with Crippen molar-refractivity contribution in [3.05, 3.63) is 101 Å². The molecule has 1 amide bonds. The van der Waals surface area contributed by atoms with Gasteiger partial charge >= 0.3 is 0 Å². The summed E-state index contributed by atoms with van der Waals surface area (Å²) in [5.74, 6) is 0.00859. The van der Waals surface area contributed by atoms with Crippen LogP contribution in [0.3, 0.4) is 0 Å². The average molecular weight is 477 g/mol. The molecule has 2 heterocycles. The first-order valence-corrected chi connectivity index (χ1v) is 12.0. The highest BCUT2D eigenvalue weighted by molar-refractivity contribution is 6.08. The van der Waals surface area contributed by atoms with Gasteiger partial charge in [-0.2, -0.15) is 5.26 Å². The monoisotopic (exact) mass is 476 g/mol. The third-order valence-corrected chi connectivity index (χ3v) is 7.12. The summed E-state index contributed by atoms with van der Waals surface area (Å²) in [4.78, 5) is 19.7. The molecule has 5 rings (SSSR count). The topological polar surface area (TPSA) is 100 Å². The van der Waals surface area contributed by atoms with E-state index in [0.29, 0.717) is 11.3 Å². The molecule has 0 bridgehead atoms. The van der Waals surface area contributed by atoms with Crippen LogP contribution in [-0.2, 0) is 0 Å². The van der Waals surface area contributed by atoms with Gasteiger partial charge in [-0.1, -0.05) is 42.5 Å². The van der Waals surface area contributed by atoms with E-state index in [1.165, 1.54) is 6.08 Å². The molecule has 1 fully saturated rings. The molecule has 36 heavy (non-hydrogen) atoms. The highest BCUT2D eigenvalue weighted by Crippen LogP contribution is 2.40. The standard InChI is InChI=1S/C29H28N6O/c1-33-27-9-5-4-8-24(27)28(22-6-2-3-7-23(22)29(33)36)35-16-14-34(15-17-35)26-11-10-20(18-21(26)19-31)25(32)12-13-30/h2-13,18,28,30H,14-17,32H2,1H3/b25-12-,30-13?. The molecule has 3 N–H and O–H groups in total. The summed E-state index contributed by atoms with van der Waals surface area (Å²) in [6, 6.07) is 24.0. The summed E-state index contributed by atoms with van der Waals surface area (Å²) in [5, 5.41) is 17.0. The van der Waals surface area contributed by atoms with Crippen LogP contribution in [0.2, 0.25) is 0 Å². The van der Waals surface area contributed by atoms with Gasteiger partial charge in [-0.25, -0.2) is 0 Å². The van der Waals surface area contributed by atoms with Gasteiger partial charge < -0.3 is 20.9 Å². The number of nitriles is 1. The van der Waals surface area contributed by atoms with Gasteiger partial charge in [0.15, 0.2) is 0 Å². The van der Waals surface area contributed by atoms with E-state index in [1.54, 1.807) is 11.0 Å². The average Bonchev–Trinajstić information content (AvgIpc) is 3.01. The molecular weight excluding hydrogens is 448 g/mol. The van der Waals surface area contributed by atoms with Crippen LogP contribution < -0.4 is 15.5 Å². The molecule has 7 nitrogen and oxygen atoms in total. The number of para-hydroxylation sites is 1. The Morgan fingerprint density at radius 2 is 1.69 bits per heavy atom.